The van der Waals surface area contributed by atoms with Gasteiger partial charge in [0.2, 0.25) is 0 Å². The number of nitrogens with zero attached hydrogens (tertiary/aromatic N) is 3. The van der Waals surface area contributed by atoms with Gasteiger partial charge in [0.15, 0.2) is 6.29 Å². The molecule has 3 aliphatic rings. The third-order valence-electron chi connectivity index (χ3n) is 11.3. The van der Waals surface area contributed by atoms with Crippen LogP contribution in [0.4, 0.5) is 0 Å². The van der Waals surface area contributed by atoms with Gasteiger partial charge < -0.3 is 29.0 Å². The molecule has 0 aromatic heterocycles. The largest absolute Gasteiger partial charge is 0.463 e. The molecule has 9 nitrogen and oxygen atoms in total. The third-order valence-corrected chi connectivity index (χ3v) is 11.6. The first kappa shape index (κ1) is 39.2. The minimum Gasteiger partial charge on any atom is -0.463 e. The summed E-state index contributed by atoms with van der Waals surface area (Å²) in [5.41, 5.74) is -1.64. The number of hydrogen-bond acceptors (Lipinski definition) is 9. The molecule has 48 heavy (non-hydrogen) atoms. The number of carbonyl (C=O) groups excluding carboxylic acids is 2. The Kier molecular flexibility index (Phi) is 12.5. The molecular weight excluding hydrogens is 630 g/mol. The van der Waals surface area contributed by atoms with Crippen LogP contribution in [0.1, 0.15) is 86.1 Å². The summed E-state index contributed by atoms with van der Waals surface area (Å²) in [5, 5.41) is 12.2. The average Bonchev–Trinajstić information content (AvgIpc) is 2.99. The Hall–Kier alpha value is -1.59. The van der Waals surface area contributed by atoms with Crippen molar-refractivity contribution in [3.8, 4) is 0 Å². The van der Waals surface area contributed by atoms with Crippen LogP contribution < -0.4 is 0 Å². The van der Waals surface area contributed by atoms with Crippen LogP contribution in [-0.4, -0.2) is 116 Å². The van der Waals surface area contributed by atoms with E-state index in [1.165, 1.54) is 5.56 Å². The summed E-state index contributed by atoms with van der Waals surface area (Å²) in [5.74, 6) is -0.0766. The third kappa shape index (κ3) is 9.00. The van der Waals surface area contributed by atoms with Gasteiger partial charge in [-0.25, -0.2) is 0 Å². The van der Waals surface area contributed by atoms with Crippen molar-refractivity contribution in [3.63, 3.8) is 0 Å². The predicted octanol–water partition coefficient (Wildman–Crippen LogP) is 5.65. The van der Waals surface area contributed by atoms with Gasteiger partial charge in [0, 0.05) is 37.2 Å². The Morgan fingerprint density at radius 3 is 2.40 bits per heavy atom. The Balaban J connectivity index is 1.62. The van der Waals surface area contributed by atoms with Gasteiger partial charge in [-0.1, -0.05) is 51.4 Å². The quantitative estimate of drug-likeness (QED) is 0.300. The molecular formula is C38H62ClN3O6. The molecule has 1 N–H and O–H groups in total. The van der Waals surface area contributed by atoms with E-state index in [2.05, 4.69) is 43.7 Å². The summed E-state index contributed by atoms with van der Waals surface area (Å²) >= 11 is 6.26. The highest BCUT2D eigenvalue weighted by Gasteiger charge is 2.53. The standard InChI is InChI=1S/C38H62ClN3O6/c1-26-20-35(3,4)33(48-32-31(44)30(40(8)9)18-27(2)47-32)37(7,24-43)23-36(5,6)34(45)46-25-38(41(10)21-26)14-16-42(17-15-38)22-28-12-11-13-29(39)19-28/h11-13,19,24,26-27,30-33,44H,14-18,20-23,25H2,1-10H3/t26-,27-,30+,31-,32+,33+,37-/m1/s1. The first-order valence-corrected chi connectivity index (χ1v) is 18.2. The summed E-state index contributed by atoms with van der Waals surface area (Å²) in [6.07, 6.45) is 1.80. The lowest BCUT2D eigenvalue weighted by atomic mass is 9.63. The lowest BCUT2D eigenvalue weighted by Gasteiger charge is -2.50. The summed E-state index contributed by atoms with van der Waals surface area (Å²) in [6, 6.07) is 7.88. The van der Waals surface area contributed by atoms with Crippen molar-refractivity contribution in [1.29, 1.82) is 0 Å². The Morgan fingerprint density at radius 2 is 1.79 bits per heavy atom. The summed E-state index contributed by atoms with van der Waals surface area (Å²) in [6.45, 7) is 17.8. The minimum absolute atomic E-state index is 0.127. The van der Waals surface area contributed by atoms with E-state index in [1.54, 1.807) is 0 Å². The zero-order valence-corrected chi connectivity index (χ0v) is 31.9. The van der Waals surface area contributed by atoms with Crippen molar-refractivity contribution in [2.45, 2.75) is 123 Å². The molecule has 3 aliphatic heterocycles. The number of benzene rings is 1. The fourth-order valence-electron chi connectivity index (χ4n) is 9.02. The number of halogens is 1. The highest BCUT2D eigenvalue weighted by molar-refractivity contribution is 6.30. The normalized spacial score (nSPS) is 35.3. The molecule has 0 radical (unpaired) electrons. The monoisotopic (exact) mass is 691 g/mol. The van der Waals surface area contributed by atoms with Gasteiger partial charge in [-0.2, -0.15) is 0 Å². The molecule has 10 heteroatoms. The van der Waals surface area contributed by atoms with Crippen LogP contribution in [0.3, 0.4) is 0 Å². The van der Waals surface area contributed by atoms with E-state index in [9.17, 15) is 14.7 Å². The van der Waals surface area contributed by atoms with E-state index in [0.29, 0.717) is 13.0 Å². The molecule has 1 spiro atoms. The lowest BCUT2D eigenvalue weighted by molar-refractivity contribution is -0.293. The van der Waals surface area contributed by atoms with Crippen molar-refractivity contribution in [1.82, 2.24) is 14.7 Å². The summed E-state index contributed by atoms with van der Waals surface area (Å²) in [4.78, 5) is 34.0. The number of cyclic esters (lactones) is 1. The number of ether oxygens (including phenoxy) is 3. The van der Waals surface area contributed by atoms with E-state index in [-0.39, 0.29) is 36.0 Å². The molecule has 0 amide bonds. The number of esters is 1. The van der Waals surface area contributed by atoms with Gasteiger partial charge in [-0.15, -0.1) is 0 Å². The molecule has 4 rings (SSSR count). The number of rotatable bonds is 6. The second-order valence-electron chi connectivity index (χ2n) is 17.2. The molecule has 272 valence electrons. The zero-order chi connectivity index (χ0) is 35.7. The molecule has 0 bridgehead atoms. The Bertz CT molecular complexity index is 1250. The fraction of sp³-hybridized carbons (Fsp3) is 0.789. The first-order chi connectivity index (χ1) is 22.3. The van der Waals surface area contributed by atoms with E-state index >= 15 is 0 Å². The number of likely N-dealkylation sites (N-methyl/N-ethyl adjacent to an activating group) is 2. The van der Waals surface area contributed by atoms with Gasteiger partial charge in [0.05, 0.1) is 28.6 Å². The van der Waals surface area contributed by atoms with Crippen molar-refractivity contribution in [2.24, 2.45) is 22.2 Å². The summed E-state index contributed by atoms with van der Waals surface area (Å²) < 4.78 is 19.3. The number of carbonyl (C=O) groups is 2. The molecule has 1 aromatic carbocycles. The number of aliphatic hydroxyl groups is 1. The maximum Gasteiger partial charge on any atom is 0.311 e. The van der Waals surface area contributed by atoms with Crippen molar-refractivity contribution < 1.29 is 28.9 Å². The second-order valence-corrected chi connectivity index (χ2v) is 17.6. The van der Waals surface area contributed by atoms with E-state index < -0.39 is 34.7 Å². The van der Waals surface area contributed by atoms with Crippen molar-refractivity contribution in [3.05, 3.63) is 34.9 Å². The van der Waals surface area contributed by atoms with Crippen LogP contribution in [-0.2, 0) is 30.3 Å². The smallest absolute Gasteiger partial charge is 0.311 e. The maximum atomic E-state index is 14.0. The number of likely N-dealkylation sites (tertiary alicyclic amines) is 1. The summed E-state index contributed by atoms with van der Waals surface area (Å²) in [7, 11) is 6.06. The lowest BCUT2D eigenvalue weighted by Crippen LogP contribution is -2.58. The van der Waals surface area contributed by atoms with Crippen LogP contribution >= 0.6 is 11.6 Å². The molecule has 0 aliphatic carbocycles. The van der Waals surface area contributed by atoms with E-state index in [1.807, 2.05) is 64.9 Å². The fourth-order valence-corrected chi connectivity index (χ4v) is 9.24. The zero-order valence-electron chi connectivity index (χ0n) is 31.1. The van der Waals surface area contributed by atoms with Gasteiger partial charge in [-0.05, 0) is 103 Å². The van der Waals surface area contributed by atoms with Gasteiger partial charge in [0.25, 0.3) is 0 Å². The molecule has 1 aromatic rings. The SMILES string of the molecule is C[C@H]1CN(C)C2(CCN(Cc3cccc(Cl)c3)CC2)COC(=O)C(C)(C)C[C@](C)(C=O)[C@@H](O[C@@H]2O[C@H](C)C[C@H](N(C)C)[C@H]2O)C(C)(C)C1. The van der Waals surface area contributed by atoms with Crippen molar-refractivity contribution >= 4 is 23.9 Å². The van der Waals surface area contributed by atoms with Crippen LogP contribution in [0.25, 0.3) is 0 Å². The van der Waals surface area contributed by atoms with Gasteiger partial charge >= 0.3 is 5.97 Å². The molecule has 0 saturated carbocycles. The molecule has 7 atom stereocenters. The first-order valence-electron chi connectivity index (χ1n) is 17.8. The maximum absolute atomic E-state index is 14.0. The average molecular weight is 692 g/mol. The highest BCUT2D eigenvalue weighted by atomic mass is 35.5. The second kappa shape index (κ2) is 15.3. The molecule has 3 fully saturated rings. The van der Waals surface area contributed by atoms with E-state index in [4.69, 9.17) is 25.8 Å². The Labute approximate surface area is 294 Å². The van der Waals surface area contributed by atoms with Crippen molar-refractivity contribution in [2.75, 3.05) is 47.4 Å². The van der Waals surface area contributed by atoms with Crippen LogP contribution in [0, 0.1) is 22.2 Å². The number of piperidine rings is 1. The minimum atomic E-state index is -1.06. The number of aldehydes is 1. The van der Waals surface area contributed by atoms with E-state index in [0.717, 1.165) is 56.8 Å². The van der Waals surface area contributed by atoms with Crippen LogP contribution in [0.5, 0.6) is 0 Å². The van der Waals surface area contributed by atoms with Crippen LogP contribution in [0.2, 0.25) is 5.02 Å². The topological polar surface area (TPSA) is 91.8 Å². The van der Waals surface area contributed by atoms with Gasteiger partial charge in [-0.3, -0.25) is 14.6 Å². The number of hydrogen-bond donors (Lipinski definition) is 1. The van der Waals surface area contributed by atoms with Gasteiger partial charge in [0.1, 0.15) is 19.0 Å². The highest BCUT2D eigenvalue weighted by Crippen LogP contribution is 2.48. The number of aliphatic hydroxyl groups excluding tert-OH is 1. The molecule has 0 unspecified atom stereocenters. The predicted molar refractivity (Wildman–Crippen MR) is 190 cm³/mol. The molecule has 3 saturated heterocycles. The van der Waals surface area contributed by atoms with Crippen LogP contribution in [0.15, 0.2) is 24.3 Å². The Morgan fingerprint density at radius 1 is 1.12 bits per heavy atom. The molecule has 3 heterocycles.